The maximum atomic E-state index is 12.5. The number of carbonyl (C=O) groups excluding carboxylic acids is 1. The molecule has 2 fully saturated rings. The van der Waals surface area contributed by atoms with E-state index in [9.17, 15) is 4.79 Å². The predicted octanol–water partition coefficient (Wildman–Crippen LogP) is 0.650. The maximum Gasteiger partial charge on any atom is 0.237 e. The highest BCUT2D eigenvalue weighted by molar-refractivity contribution is 5.79. The fourth-order valence-corrected chi connectivity index (χ4v) is 3.14. The lowest BCUT2D eigenvalue weighted by molar-refractivity contribution is -0.133. The Morgan fingerprint density at radius 3 is 2.95 bits per heavy atom. The van der Waals surface area contributed by atoms with E-state index in [0.717, 1.165) is 45.6 Å². The summed E-state index contributed by atoms with van der Waals surface area (Å²) in [7, 11) is 0. The lowest BCUT2D eigenvalue weighted by Crippen LogP contribution is -2.48. The number of rotatable bonds is 3. The minimum absolute atomic E-state index is 0.221. The highest BCUT2D eigenvalue weighted by atomic mass is 16.2. The number of piperazine rings is 1. The molecule has 0 bridgehead atoms. The van der Waals surface area contributed by atoms with Crippen LogP contribution in [0.4, 0.5) is 0 Å². The Kier molecular flexibility index (Phi) is 4.28. The van der Waals surface area contributed by atoms with E-state index in [1.165, 1.54) is 5.56 Å². The second kappa shape index (κ2) is 6.33. The van der Waals surface area contributed by atoms with E-state index in [-0.39, 0.29) is 11.9 Å². The van der Waals surface area contributed by atoms with Crippen LogP contribution in [-0.2, 0) is 4.79 Å². The summed E-state index contributed by atoms with van der Waals surface area (Å²) < 4.78 is 0. The molecule has 1 N–H and O–H groups in total. The van der Waals surface area contributed by atoms with Gasteiger partial charge in [0.05, 0.1) is 12.6 Å². The number of carbonyl (C=O) groups is 1. The average Bonchev–Trinajstić information content (AvgIpc) is 2.99. The summed E-state index contributed by atoms with van der Waals surface area (Å²) in [6.45, 7) is 5.34. The van der Waals surface area contributed by atoms with Gasteiger partial charge in [0.1, 0.15) is 0 Å². The van der Waals surface area contributed by atoms with E-state index >= 15 is 0 Å². The molecule has 0 aliphatic carbocycles. The summed E-state index contributed by atoms with van der Waals surface area (Å²) in [5.41, 5.74) is 1.17. The van der Waals surface area contributed by atoms with Gasteiger partial charge in [0.25, 0.3) is 0 Å². The van der Waals surface area contributed by atoms with Crippen molar-refractivity contribution in [1.29, 1.82) is 0 Å². The molecule has 0 aromatic carbocycles. The number of hydrogen-bond donors (Lipinski definition) is 1. The van der Waals surface area contributed by atoms with Crippen LogP contribution in [0.15, 0.2) is 24.5 Å². The maximum absolute atomic E-state index is 12.5. The summed E-state index contributed by atoms with van der Waals surface area (Å²) in [5, 5.41) is 3.32. The van der Waals surface area contributed by atoms with Crippen LogP contribution < -0.4 is 5.32 Å². The molecule has 1 aromatic heterocycles. The number of amides is 1. The monoisotopic (exact) mass is 274 g/mol. The molecule has 1 unspecified atom stereocenters. The van der Waals surface area contributed by atoms with Crippen molar-refractivity contribution >= 4 is 5.91 Å². The highest BCUT2D eigenvalue weighted by Gasteiger charge is 2.30. The van der Waals surface area contributed by atoms with Gasteiger partial charge < -0.3 is 10.2 Å². The molecule has 5 heteroatoms. The van der Waals surface area contributed by atoms with Crippen LogP contribution in [0.2, 0.25) is 0 Å². The molecule has 0 radical (unpaired) electrons. The van der Waals surface area contributed by atoms with Crippen molar-refractivity contribution < 1.29 is 4.79 Å². The zero-order valence-electron chi connectivity index (χ0n) is 11.8. The van der Waals surface area contributed by atoms with Gasteiger partial charge >= 0.3 is 0 Å². The summed E-state index contributed by atoms with van der Waals surface area (Å²) in [5.74, 6) is 0.262. The molecule has 1 atom stereocenters. The summed E-state index contributed by atoms with van der Waals surface area (Å²) in [4.78, 5) is 21.0. The molecular formula is C15H22N4O. The van der Waals surface area contributed by atoms with Crippen molar-refractivity contribution in [1.82, 2.24) is 20.1 Å². The molecule has 2 aliphatic rings. The van der Waals surface area contributed by atoms with Crippen molar-refractivity contribution in [3.05, 3.63) is 30.1 Å². The first-order valence-electron chi connectivity index (χ1n) is 7.47. The van der Waals surface area contributed by atoms with Crippen LogP contribution in [0.25, 0.3) is 0 Å². The minimum Gasteiger partial charge on any atom is -0.334 e. The van der Waals surface area contributed by atoms with E-state index in [0.29, 0.717) is 6.54 Å². The van der Waals surface area contributed by atoms with Crippen LogP contribution in [-0.4, -0.2) is 60.0 Å². The summed E-state index contributed by atoms with van der Waals surface area (Å²) in [6, 6.07) is 4.25. The van der Waals surface area contributed by atoms with Crippen molar-refractivity contribution in [2.75, 3.05) is 39.3 Å². The lowest BCUT2D eigenvalue weighted by Gasteiger charge is -2.31. The van der Waals surface area contributed by atoms with E-state index in [4.69, 9.17) is 0 Å². The molecule has 2 aliphatic heterocycles. The second-order valence-corrected chi connectivity index (χ2v) is 5.56. The first-order chi connectivity index (χ1) is 9.84. The topological polar surface area (TPSA) is 48.5 Å². The van der Waals surface area contributed by atoms with Crippen molar-refractivity contribution in [2.24, 2.45) is 0 Å². The van der Waals surface area contributed by atoms with Gasteiger partial charge in [-0.05, 0) is 24.5 Å². The Balaban J connectivity index is 1.64. The quantitative estimate of drug-likeness (QED) is 0.879. The molecule has 1 amide bonds. The van der Waals surface area contributed by atoms with Gasteiger partial charge in [-0.2, -0.15) is 0 Å². The normalized spacial score (nSPS) is 24.0. The SMILES string of the molecule is O=C(CN1CCNCC1)N1CCCC1c1cccnc1. The molecule has 2 saturated heterocycles. The van der Waals surface area contributed by atoms with Crippen molar-refractivity contribution in [3.8, 4) is 0 Å². The van der Waals surface area contributed by atoms with Crippen molar-refractivity contribution in [3.63, 3.8) is 0 Å². The average molecular weight is 274 g/mol. The van der Waals surface area contributed by atoms with Gasteiger partial charge in [-0.1, -0.05) is 6.07 Å². The Hall–Kier alpha value is -1.46. The fraction of sp³-hybridized carbons (Fsp3) is 0.600. The van der Waals surface area contributed by atoms with Gasteiger partial charge in [-0.25, -0.2) is 0 Å². The Morgan fingerprint density at radius 2 is 2.20 bits per heavy atom. The molecule has 20 heavy (non-hydrogen) atoms. The lowest BCUT2D eigenvalue weighted by atomic mass is 10.1. The summed E-state index contributed by atoms with van der Waals surface area (Å²) >= 11 is 0. The van der Waals surface area contributed by atoms with Gasteiger partial charge in [0, 0.05) is 45.1 Å². The largest absolute Gasteiger partial charge is 0.334 e. The Morgan fingerprint density at radius 1 is 1.35 bits per heavy atom. The zero-order chi connectivity index (χ0) is 13.8. The van der Waals surface area contributed by atoms with Gasteiger partial charge in [-0.15, -0.1) is 0 Å². The first-order valence-corrected chi connectivity index (χ1v) is 7.47. The predicted molar refractivity (Wildman–Crippen MR) is 77.2 cm³/mol. The number of nitrogens with zero attached hydrogens (tertiary/aromatic N) is 3. The second-order valence-electron chi connectivity index (χ2n) is 5.56. The fourth-order valence-electron chi connectivity index (χ4n) is 3.14. The van der Waals surface area contributed by atoms with Crippen LogP contribution in [0, 0.1) is 0 Å². The number of hydrogen-bond acceptors (Lipinski definition) is 4. The van der Waals surface area contributed by atoms with Crippen LogP contribution in [0.5, 0.6) is 0 Å². The van der Waals surface area contributed by atoms with Crippen LogP contribution >= 0.6 is 0 Å². The Bertz CT molecular complexity index is 444. The van der Waals surface area contributed by atoms with Crippen molar-refractivity contribution in [2.45, 2.75) is 18.9 Å². The molecule has 0 spiro atoms. The number of aromatic nitrogens is 1. The van der Waals surface area contributed by atoms with Crippen LogP contribution in [0.1, 0.15) is 24.4 Å². The van der Waals surface area contributed by atoms with E-state index in [1.807, 2.05) is 17.2 Å². The summed E-state index contributed by atoms with van der Waals surface area (Å²) in [6.07, 6.45) is 5.82. The molecule has 5 nitrogen and oxygen atoms in total. The molecule has 3 rings (SSSR count). The molecule has 0 saturated carbocycles. The molecule has 3 heterocycles. The Labute approximate surface area is 120 Å². The third-order valence-electron chi connectivity index (χ3n) is 4.21. The number of pyridine rings is 1. The third-order valence-corrected chi connectivity index (χ3v) is 4.21. The van der Waals surface area contributed by atoms with E-state index in [1.54, 1.807) is 6.20 Å². The first kappa shape index (κ1) is 13.5. The number of nitrogens with one attached hydrogen (secondary N) is 1. The van der Waals surface area contributed by atoms with E-state index < -0.39 is 0 Å². The third kappa shape index (κ3) is 2.99. The molecule has 108 valence electrons. The van der Waals surface area contributed by atoms with Crippen LogP contribution in [0.3, 0.4) is 0 Å². The zero-order valence-corrected chi connectivity index (χ0v) is 11.8. The van der Waals surface area contributed by atoms with Gasteiger partial charge in [-0.3, -0.25) is 14.7 Å². The standard InChI is InChI=1S/C15H22N4O/c20-15(12-18-9-6-16-7-10-18)19-8-2-4-14(19)13-3-1-5-17-11-13/h1,3,5,11,14,16H,2,4,6-10,12H2. The molecular weight excluding hydrogens is 252 g/mol. The van der Waals surface area contributed by atoms with E-state index in [2.05, 4.69) is 21.3 Å². The molecule has 1 aromatic rings. The van der Waals surface area contributed by atoms with Gasteiger partial charge in [0.15, 0.2) is 0 Å². The van der Waals surface area contributed by atoms with Gasteiger partial charge in [0.2, 0.25) is 5.91 Å². The highest BCUT2D eigenvalue weighted by Crippen LogP contribution is 2.31. The minimum atomic E-state index is 0.221. The smallest absolute Gasteiger partial charge is 0.237 e. The number of likely N-dealkylation sites (tertiary alicyclic amines) is 1.